The number of rotatable bonds is 5. The first-order valence-corrected chi connectivity index (χ1v) is 6.27. The highest BCUT2D eigenvalue weighted by Gasteiger charge is 2.49. The van der Waals surface area contributed by atoms with Crippen molar-refractivity contribution in [3.05, 3.63) is 29.8 Å². The summed E-state index contributed by atoms with van der Waals surface area (Å²) in [7, 11) is 0. The van der Waals surface area contributed by atoms with E-state index in [1.54, 1.807) is 26.3 Å². The predicted octanol–water partition coefficient (Wildman–Crippen LogP) is 1.08. The molecule has 0 spiro atoms. The highest BCUT2D eigenvalue weighted by Crippen LogP contribution is 2.21. The Kier molecular flexibility index (Phi) is 4.93. The molecule has 1 atom stereocenters. The largest absolute Gasteiger partial charge is 0.508 e. The molecule has 0 unspecified atom stereocenters. The molecule has 1 aromatic rings. The van der Waals surface area contributed by atoms with Gasteiger partial charge in [0, 0.05) is 6.42 Å². The normalized spacial score (nSPS) is 14.3. The van der Waals surface area contributed by atoms with Gasteiger partial charge in [-0.1, -0.05) is 12.1 Å². The van der Waals surface area contributed by atoms with Gasteiger partial charge in [-0.2, -0.15) is 5.48 Å². The molecule has 116 valence electrons. The zero-order valence-corrected chi connectivity index (χ0v) is 12.1. The third kappa shape index (κ3) is 4.17. The van der Waals surface area contributed by atoms with Gasteiger partial charge in [0.05, 0.1) is 0 Å². The molecular formula is C14H19NO6. The van der Waals surface area contributed by atoms with E-state index in [0.29, 0.717) is 5.56 Å². The Bertz CT molecular complexity index is 519. The van der Waals surface area contributed by atoms with Crippen molar-refractivity contribution in [2.75, 3.05) is 0 Å². The van der Waals surface area contributed by atoms with Gasteiger partial charge in [0.15, 0.2) is 0 Å². The summed E-state index contributed by atoms with van der Waals surface area (Å²) < 4.78 is 5.06. The van der Waals surface area contributed by atoms with Gasteiger partial charge in [0.2, 0.25) is 5.54 Å². The minimum absolute atomic E-state index is 0.00824. The summed E-state index contributed by atoms with van der Waals surface area (Å²) in [6, 6.07) is 5.62. The van der Waals surface area contributed by atoms with Gasteiger partial charge in [-0.05, 0) is 38.5 Å². The minimum atomic E-state index is -2.32. The van der Waals surface area contributed by atoms with E-state index in [0.717, 1.165) is 0 Å². The van der Waals surface area contributed by atoms with Crippen LogP contribution in [0.5, 0.6) is 5.75 Å². The number of benzene rings is 1. The van der Waals surface area contributed by atoms with Crippen molar-refractivity contribution in [2.45, 2.75) is 38.3 Å². The van der Waals surface area contributed by atoms with Crippen LogP contribution >= 0.6 is 0 Å². The summed E-state index contributed by atoms with van der Waals surface area (Å²) >= 11 is 0. The van der Waals surface area contributed by atoms with Crippen LogP contribution in [-0.2, 0) is 20.7 Å². The molecule has 0 heterocycles. The standard InChI is InChI=1S/C14H19NO6/c1-13(2,3)21-12(19)14(15-20,11(17)18)8-9-4-6-10(16)7-5-9/h4-7,15-16,20H,8H2,1-3H3,(H,17,18)/t14-/m0/s1. The third-order valence-corrected chi connectivity index (χ3v) is 2.71. The lowest BCUT2D eigenvalue weighted by molar-refractivity contribution is -0.177. The fourth-order valence-electron chi connectivity index (χ4n) is 1.65. The summed E-state index contributed by atoms with van der Waals surface area (Å²) in [5.74, 6) is -2.65. The number of carboxylic acid groups (broad SMARTS) is 1. The van der Waals surface area contributed by atoms with Gasteiger partial charge >= 0.3 is 11.9 Å². The molecule has 0 aromatic heterocycles. The Labute approximate surface area is 122 Å². The summed E-state index contributed by atoms with van der Waals surface area (Å²) in [6.07, 6.45) is -0.339. The van der Waals surface area contributed by atoms with Gasteiger partial charge in [-0.25, -0.2) is 9.59 Å². The molecule has 0 saturated heterocycles. The molecule has 21 heavy (non-hydrogen) atoms. The Hall–Kier alpha value is -2.12. The van der Waals surface area contributed by atoms with Gasteiger partial charge in [-0.15, -0.1) is 0 Å². The molecule has 0 bridgehead atoms. The fourth-order valence-corrected chi connectivity index (χ4v) is 1.65. The van der Waals surface area contributed by atoms with Crippen LogP contribution in [0.3, 0.4) is 0 Å². The lowest BCUT2D eigenvalue weighted by atomic mass is 9.91. The Morgan fingerprint density at radius 1 is 1.19 bits per heavy atom. The Morgan fingerprint density at radius 2 is 1.71 bits per heavy atom. The van der Waals surface area contributed by atoms with E-state index < -0.39 is 23.1 Å². The number of nitrogens with one attached hydrogen (secondary N) is 1. The molecule has 7 heteroatoms. The number of carboxylic acids is 1. The summed E-state index contributed by atoms with van der Waals surface area (Å²) in [6.45, 7) is 4.78. The molecule has 0 radical (unpaired) electrons. The molecule has 0 fully saturated rings. The summed E-state index contributed by atoms with van der Waals surface area (Å²) in [4.78, 5) is 23.6. The first-order valence-electron chi connectivity index (χ1n) is 6.27. The van der Waals surface area contributed by atoms with E-state index >= 15 is 0 Å². The number of aromatic hydroxyl groups is 1. The number of esters is 1. The van der Waals surface area contributed by atoms with Crippen LogP contribution in [0.25, 0.3) is 0 Å². The maximum Gasteiger partial charge on any atom is 0.341 e. The van der Waals surface area contributed by atoms with E-state index in [-0.39, 0.29) is 12.2 Å². The minimum Gasteiger partial charge on any atom is -0.508 e. The highest BCUT2D eigenvalue weighted by atomic mass is 16.6. The number of hydrogen-bond acceptors (Lipinski definition) is 6. The second-order valence-electron chi connectivity index (χ2n) is 5.67. The quantitative estimate of drug-likeness (QED) is 0.365. The van der Waals surface area contributed by atoms with E-state index in [1.165, 1.54) is 24.3 Å². The average molecular weight is 297 g/mol. The van der Waals surface area contributed by atoms with Crippen molar-refractivity contribution in [1.29, 1.82) is 0 Å². The summed E-state index contributed by atoms with van der Waals surface area (Å²) in [5, 5.41) is 27.8. The third-order valence-electron chi connectivity index (χ3n) is 2.71. The van der Waals surface area contributed by atoms with E-state index in [2.05, 4.69) is 0 Å². The first kappa shape index (κ1) is 16.9. The molecule has 0 saturated carbocycles. The van der Waals surface area contributed by atoms with Crippen LogP contribution < -0.4 is 5.48 Å². The van der Waals surface area contributed by atoms with Crippen LogP contribution in [0.1, 0.15) is 26.3 Å². The fraction of sp³-hybridized carbons (Fsp3) is 0.429. The molecule has 1 aromatic carbocycles. The van der Waals surface area contributed by atoms with Crippen LogP contribution in [0, 0.1) is 0 Å². The average Bonchev–Trinajstić information content (AvgIpc) is 2.35. The maximum absolute atomic E-state index is 12.1. The molecule has 0 aliphatic rings. The van der Waals surface area contributed by atoms with Crippen molar-refractivity contribution in [1.82, 2.24) is 5.48 Å². The lowest BCUT2D eigenvalue weighted by Gasteiger charge is -2.30. The number of phenolic OH excluding ortho intramolecular Hbond substituents is 1. The van der Waals surface area contributed by atoms with Crippen molar-refractivity contribution < 1.29 is 29.7 Å². The molecule has 0 amide bonds. The number of phenols is 1. The molecular weight excluding hydrogens is 278 g/mol. The molecule has 4 N–H and O–H groups in total. The molecule has 1 rings (SSSR count). The van der Waals surface area contributed by atoms with Crippen LogP contribution in [0.15, 0.2) is 24.3 Å². The van der Waals surface area contributed by atoms with Crippen molar-refractivity contribution in [3.63, 3.8) is 0 Å². The lowest BCUT2D eigenvalue weighted by Crippen LogP contribution is -2.60. The predicted molar refractivity (Wildman–Crippen MR) is 72.9 cm³/mol. The zero-order chi connectivity index (χ0) is 16.3. The summed E-state index contributed by atoms with van der Waals surface area (Å²) in [5.41, 5.74) is -1.22. The van der Waals surface area contributed by atoms with Gasteiger partial charge < -0.3 is 20.2 Å². The highest BCUT2D eigenvalue weighted by molar-refractivity contribution is 6.04. The van der Waals surface area contributed by atoms with Gasteiger partial charge in [-0.3, -0.25) is 0 Å². The van der Waals surface area contributed by atoms with E-state index in [1.807, 2.05) is 0 Å². The Morgan fingerprint density at radius 3 is 2.10 bits per heavy atom. The van der Waals surface area contributed by atoms with Gasteiger partial charge in [0.25, 0.3) is 0 Å². The van der Waals surface area contributed by atoms with Gasteiger partial charge in [0.1, 0.15) is 11.4 Å². The van der Waals surface area contributed by atoms with E-state index in [4.69, 9.17) is 4.74 Å². The van der Waals surface area contributed by atoms with E-state index in [9.17, 15) is 25.0 Å². The SMILES string of the molecule is CC(C)(C)OC(=O)[C@@](Cc1ccc(O)cc1)(NO)C(=O)O. The number of ether oxygens (including phenoxy) is 1. The number of carbonyl (C=O) groups excluding carboxylic acids is 1. The molecule has 7 nitrogen and oxygen atoms in total. The van der Waals surface area contributed by atoms with Crippen LogP contribution in [0.2, 0.25) is 0 Å². The van der Waals surface area contributed by atoms with Crippen LogP contribution in [-0.4, -0.2) is 38.5 Å². The number of hydrogen-bond donors (Lipinski definition) is 4. The number of carbonyl (C=O) groups is 2. The van der Waals surface area contributed by atoms with Crippen molar-refractivity contribution >= 4 is 11.9 Å². The second-order valence-corrected chi connectivity index (χ2v) is 5.67. The molecule has 0 aliphatic heterocycles. The topological polar surface area (TPSA) is 116 Å². The zero-order valence-electron chi connectivity index (χ0n) is 12.1. The number of aliphatic carboxylic acids is 1. The smallest absolute Gasteiger partial charge is 0.341 e. The Balaban J connectivity index is 3.12. The maximum atomic E-state index is 12.1. The van der Waals surface area contributed by atoms with Crippen LogP contribution in [0.4, 0.5) is 0 Å². The molecule has 0 aliphatic carbocycles. The number of hydroxylamine groups is 1. The van der Waals surface area contributed by atoms with Crippen molar-refractivity contribution in [2.24, 2.45) is 0 Å². The monoisotopic (exact) mass is 297 g/mol. The van der Waals surface area contributed by atoms with Crippen molar-refractivity contribution in [3.8, 4) is 5.75 Å². The first-order chi connectivity index (χ1) is 9.60. The second kappa shape index (κ2) is 6.11.